The molecule has 0 amide bonds. The average molecular weight is 664 g/mol. The Kier molecular flexibility index (Phi) is 12.1. The average Bonchev–Trinajstić information content (AvgIpc) is 3.19. The minimum atomic E-state index is -0.617. The van der Waals surface area contributed by atoms with E-state index in [4.69, 9.17) is 0 Å². The second kappa shape index (κ2) is 13.0. The van der Waals surface area contributed by atoms with Gasteiger partial charge in [0.05, 0.1) is 27.7 Å². The minimum absolute atomic E-state index is 0.0992. The van der Waals surface area contributed by atoms with Crippen LogP contribution in [0.3, 0.4) is 0 Å². The van der Waals surface area contributed by atoms with Gasteiger partial charge in [-0.25, -0.2) is 0 Å². The zero-order valence-electron chi connectivity index (χ0n) is 34.1. The Morgan fingerprint density at radius 2 is 1.06 bits per heavy atom. The van der Waals surface area contributed by atoms with E-state index in [1.807, 2.05) is 117 Å². The van der Waals surface area contributed by atoms with Gasteiger partial charge in [0.15, 0.2) is 5.78 Å². The van der Waals surface area contributed by atoms with Gasteiger partial charge in [0.2, 0.25) is 0 Å². The van der Waals surface area contributed by atoms with Gasteiger partial charge in [-0.05, 0) is 107 Å². The summed E-state index contributed by atoms with van der Waals surface area (Å²) in [5.74, 6) is 0.233. The lowest BCUT2D eigenvalue weighted by Gasteiger charge is -2.37. The highest BCUT2D eigenvalue weighted by Crippen LogP contribution is 2.46. The number of Topliss-reactive ketones (excluding diaryl/α,β-unsaturated/α-hetero) is 2. The highest BCUT2D eigenvalue weighted by atomic mass is 16.5. The first-order chi connectivity index (χ1) is 20.3. The summed E-state index contributed by atoms with van der Waals surface area (Å²) in [7, 11) is 0. The van der Waals surface area contributed by atoms with Gasteiger partial charge in [-0.3, -0.25) is 9.59 Å². The van der Waals surface area contributed by atoms with Crippen LogP contribution >= 0.6 is 0 Å². The van der Waals surface area contributed by atoms with Crippen molar-refractivity contribution < 1.29 is 25.2 Å². The molecule has 8 nitrogen and oxygen atoms in total. The zero-order chi connectivity index (χ0) is 37.9. The SMILES string of the molecule is CC(C)(C)C(=O)C1=CC(C)(C)N(O)C1(C)C.CC(C)(C)C(=O)C1CC(C)(C)N(O)C1(C)C.CC(C)(C)CC1=CC(C)(C)N(O)C1(C)C. The van der Waals surface area contributed by atoms with E-state index in [9.17, 15) is 25.2 Å². The van der Waals surface area contributed by atoms with E-state index < -0.39 is 22.0 Å². The molecular formula is C39H73N3O5. The van der Waals surface area contributed by atoms with Crippen LogP contribution in [0.25, 0.3) is 0 Å². The van der Waals surface area contributed by atoms with E-state index in [-0.39, 0.29) is 44.9 Å². The molecule has 8 heteroatoms. The molecule has 0 aromatic carbocycles. The number of hydrogen-bond acceptors (Lipinski definition) is 8. The number of rotatable bonds is 3. The molecule has 1 fully saturated rings. The number of carbonyl (C=O) groups is 2. The van der Waals surface area contributed by atoms with Gasteiger partial charge < -0.3 is 15.6 Å². The molecule has 3 aliphatic heterocycles. The van der Waals surface area contributed by atoms with Gasteiger partial charge >= 0.3 is 0 Å². The fourth-order valence-electron chi connectivity index (χ4n) is 7.23. The molecule has 0 spiro atoms. The third-order valence-corrected chi connectivity index (χ3v) is 10.00. The molecule has 3 aliphatic rings. The normalized spacial score (nSPS) is 26.4. The van der Waals surface area contributed by atoms with Crippen molar-refractivity contribution in [1.82, 2.24) is 15.2 Å². The van der Waals surface area contributed by atoms with Gasteiger partial charge in [0.1, 0.15) is 5.78 Å². The minimum Gasteiger partial charge on any atom is -0.313 e. The first-order valence-corrected chi connectivity index (χ1v) is 17.3. The number of hydrogen-bond donors (Lipinski definition) is 3. The number of nitrogens with zero attached hydrogens (tertiary/aromatic N) is 3. The molecule has 1 atom stereocenters. The highest BCUT2D eigenvalue weighted by Gasteiger charge is 2.55. The summed E-state index contributed by atoms with van der Waals surface area (Å²) < 4.78 is 0. The molecule has 1 saturated heterocycles. The lowest BCUT2D eigenvalue weighted by molar-refractivity contribution is -0.197. The standard InChI is InChI=1S/C13H25NO2.C13H23NO2.C13H25NO/c2*1-11(2,3)10(15)9-8-12(4,5)14(16)13(9,6)7;1-11(2,3)8-10-9-12(4,5)14(15)13(10,6)7/h9,16H,8H2,1-7H3;8,16H,1-7H3;9,15H,8H2,1-7H3. The summed E-state index contributed by atoms with van der Waals surface area (Å²) in [5.41, 5.74) is -0.843. The predicted molar refractivity (Wildman–Crippen MR) is 193 cm³/mol. The molecule has 0 bridgehead atoms. The van der Waals surface area contributed by atoms with E-state index in [0.717, 1.165) is 6.42 Å². The Morgan fingerprint density at radius 3 is 1.32 bits per heavy atom. The Hall–Kier alpha value is -1.42. The smallest absolute Gasteiger partial charge is 0.165 e. The van der Waals surface area contributed by atoms with E-state index in [1.165, 1.54) is 20.8 Å². The van der Waals surface area contributed by atoms with Crippen LogP contribution in [0, 0.1) is 22.2 Å². The summed E-state index contributed by atoms with van der Waals surface area (Å²) in [6.07, 6.45) is 5.83. The predicted octanol–water partition coefficient (Wildman–Crippen LogP) is 9.27. The zero-order valence-corrected chi connectivity index (χ0v) is 34.1. The van der Waals surface area contributed by atoms with Crippen molar-refractivity contribution in [3.8, 4) is 0 Å². The second-order valence-corrected chi connectivity index (χ2v) is 20.7. The summed E-state index contributed by atoms with van der Waals surface area (Å²) >= 11 is 0. The van der Waals surface area contributed by atoms with Crippen LogP contribution in [0.2, 0.25) is 0 Å². The van der Waals surface area contributed by atoms with E-state index in [1.54, 1.807) is 0 Å². The summed E-state index contributed by atoms with van der Waals surface area (Å²) in [6, 6.07) is 0. The molecule has 0 radical (unpaired) electrons. The van der Waals surface area contributed by atoms with Crippen molar-refractivity contribution in [2.75, 3.05) is 0 Å². The topological polar surface area (TPSA) is 105 Å². The fraction of sp³-hybridized carbons (Fsp3) is 0.846. The Bertz CT molecular complexity index is 1230. The first-order valence-electron chi connectivity index (χ1n) is 17.3. The van der Waals surface area contributed by atoms with Crippen LogP contribution in [-0.2, 0) is 9.59 Å². The Labute approximate surface area is 288 Å². The van der Waals surface area contributed by atoms with Crippen LogP contribution in [0.5, 0.6) is 0 Å². The van der Waals surface area contributed by atoms with Crippen LogP contribution in [0.4, 0.5) is 0 Å². The number of hydroxylamine groups is 6. The van der Waals surface area contributed by atoms with Crippen molar-refractivity contribution in [3.63, 3.8) is 0 Å². The molecule has 3 rings (SSSR count). The summed E-state index contributed by atoms with van der Waals surface area (Å²) in [5, 5.41) is 34.5. The lowest BCUT2D eigenvalue weighted by Crippen LogP contribution is -2.49. The molecule has 3 heterocycles. The Balaban J connectivity index is 0.000000353. The number of carbonyl (C=O) groups excluding carboxylic acids is 2. The molecule has 3 N–H and O–H groups in total. The van der Waals surface area contributed by atoms with Crippen molar-refractivity contribution in [1.29, 1.82) is 0 Å². The molecule has 0 aromatic rings. The van der Waals surface area contributed by atoms with Gasteiger partial charge in [-0.2, -0.15) is 15.2 Å². The summed E-state index contributed by atoms with van der Waals surface area (Å²) in [4.78, 5) is 24.7. The van der Waals surface area contributed by atoms with Crippen LogP contribution in [-0.4, -0.2) is 75.6 Å². The molecule has 0 saturated carbocycles. The third kappa shape index (κ3) is 9.43. The van der Waals surface area contributed by atoms with Gasteiger partial charge in [0, 0.05) is 27.9 Å². The number of ketones is 2. The van der Waals surface area contributed by atoms with Crippen molar-refractivity contribution in [2.24, 2.45) is 22.2 Å². The fourth-order valence-corrected chi connectivity index (χ4v) is 7.23. The van der Waals surface area contributed by atoms with Crippen molar-refractivity contribution >= 4 is 11.6 Å². The van der Waals surface area contributed by atoms with Gasteiger partial charge in [0.25, 0.3) is 0 Å². The highest BCUT2D eigenvalue weighted by molar-refractivity contribution is 6.01. The monoisotopic (exact) mass is 664 g/mol. The molecule has 0 aliphatic carbocycles. The van der Waals surface area contributed by atoms with Crippen molar-refractivity contribution in [2.45, 2.75) is 191 Å². The maximum Gasteiger partial charge on any atom is 0.165 e. The lowest BCUT2D eigenvalue weighted by atomic mass is 9.74. The third-order valence-electron chi connectivity index (χ3n) is 10.00. The maximum absolute atomic E-state index is 12.4. The van der Waals surface area contributed by atoms with E-state index >= 15 is 0 Å². The largest absolute Gasteiger partial charge is 0.313 e. The van der Waals surface area contributed by atoms with E-state index in [0.29, 0.717) is 12.0 Å². The molecule has 1 unspecified atom stereocenters. The van der Waals surface area contributed by atoms with Gasteiger partial charge in [-0.15, -0.1) is 0 Å². The Morgan fingerprint density at radius 1 is 0.660 bits per heavy atom. The maximum atomic E-state index is 12.4. The molecular weight excluding hydrogens is 590 g/mol. The molecule has 274 valence electrons. The second-order valence-electron chi connectivity index (χ2n) is 20.7. The summed E-state index contributed by atoms with van der Waals surface area (Å²) in [6.45, 7) is 41.9. The van der Waals surface area contributed by atoms with Crippen LogP contribution in [0.15, 0.2) is 23.3 Å². The quantitative estimate of drug-likeness (QED) is 0.257. The first kappa shape index (κ1) is 43.6. The van der Waals surface area contributed by atoms with Crippen LogP contribution < -0.4 is 0 Å². The molecule has 47 heavy (non-hydrogen) atoms. The van der Waals surface area contributed by atoms with Crippen LogP contribution in [0.1, 0.15) is 158 Å². The van der Waals surface area contributed by atoms with E-state index in [2.05, 4.69) is 40.7 Å². The van der Waals surface area contributed by atoms with Gasteiger partial charge in [-0.1, -0.05) is 74.5 Å². The molecule has 0 aromatic heterocycles. The van der Waals surface area contributed by atoms with Crippen molar-refractivity contribution in [3.05, 3.63) is 23.3 Å².